The monoisotopic (exact) mass is 237 g/mol. The number of nitrogen functional groups attached to an aromatic ring is 1. The third-order valence-corrected chi connectivity index (χ3v) is 2.57. The number of benzene rings is 2. The highest BCUT2D eigenvalue weighted by atomic mass is 16.5. The van der Waals surface area contributed by atoms with Gasteiger partial charge in [0.15, 0.2) is 0 Å². The number of nitrogens with zero attached hydrogens (tertiary/aromatic N) is 2. The first-order valence-corrected chi connectivity index (χ1v) is 5.55. The molecule has 0 spiro atoms. The molecule has 4 nitrogen and oxygen atoms in total. The van der Waals surface area contributed by atoms with E-state index in [1.54, 1.807) is 0 Å². The average Bonchev–Trinajstić information content (AvgIpc) is 2.39. The van der Waals surface area contributed by atoms with Gasteiger partial charge in [-0.25, -0.2) is 0 Å². The summed E-state index contributed by atoms with van der Waals surface area (Å²) < 4.78 is 5.61. The summed E-state index contributed by atoms with van der Waals surface area (Å²) in [6.07, 6.45) is 3.01. The van der Waals surface area contributed by atoms with Gasteiger partial charge in [0.25, 0.3) is 0 Å². The summed E-state index contributed by atoms with van der Waals surface area (Å²) in [7, 11) is 0. The van der Waals surface area contributed by atoms with Crippen LogP contribution in [0.2, 0.25) is 0 Å². The van der Waals surface area contributed by atoms with Gasteiger partial charge >= 0.3 is 0 Å². The predicted octanol–water partition coefficient (Wildman–Crippen LogP) is 3.00. The van der Waals surface area contributed by atoms with Gasteiger partial charge < -0.3 is 10.5 Å². The first-order chi connectivity index (χ1) is 8.81. The number of aromatic nitrogens is 2. The van der Waals surface area contributed by atoms with E-state index in [2.05, 4.69) is 16.0 Å². The van der Waals surface area contributed by atoms with E-state index >= 15 is 0 Å². The van der Waals surface area contributed by atoms with Gasteiger partial charge in [-0.2, -0.15) is 4.98 Å². The van der Waals surface area contributed by atoms with E-state index in [1.807, 2.05) is 36.4 Å². The van der Waals surface area contributed by atoms with Gasteiger partial charge in [-0.05, 0) is 22.9 Å². The largest absolute Gasteiger partial charge is 0.437 e. The van der Waals surface area contributed by atoms with E-state index in [4.69, 9.17) is 10.5 Å². The minimum atomic E-state index is 0.341. The quantitative estimate of drug-likeness (QED) is 0.744. The number of hydrogen-bond donors (Lipinski definition) is 1. The molecule has 0 aliphatic rings. The van der Waals surface area contributed by atoms with Crippen LogP contribution in [0.3, 0.4) is 0 Å². The van der Waals surface area contributed by atoms with Crippen molar-refractivity contribution in [3.8, 4) is 11.6 Å². The molecule has 0 bridgehead atoms. The second kappa shape index (κ2) is 4.33. The summed E-state index contributed by atoms with van der Waals surface area (Å²) >= 11 is 0. The van der Waals surface area contributed by atoms with Gasteiger partial charge in [-0.3, -0.25) is 4.98 Å². The molecule has 0 saturated heterocycles. The van der Waals surface area contributed by atoms with Crippen molar-refractivity contribution in [2.75, 3.05) is 5.73 Å². The van der Waals surface area contributed by atoms with Crippen molar-refractivity contribution in [2.45, 2.75) is 0 Å². The van der Waals surface area contributed by atoms with Crippen molar-refractivity contribution in [3.05, 3.63) is 54.9 Å². The summed E-state index contributed by atoms with van der Waals surface area (Å²) in [4.78, 5) is 7.97. The molecular formula is C14H11N3O. The van der Waals surface area contributed by atoms with Crippen molar-refractivity contribution in [3.63, 3.8) is 0 Å². The van der Waals surface area contributed by atoms with Crippen molar-refractivity contribution in [1.82, 2.24) is 9.97 Å². The fourth-order valence-electron chi connectivity index (χ4n) is 1.76. The first-order valence-electron chi connectivity index (χ1n) is 5.55. The molecule has 3 rings (SSSR count). The summed E-state index contributed by atoms with van der Waals surface area (Å²) in [6.45, 7) is 0. The van der Waals surface area contributed by atoms with Gasteiger partial charge in [0.1, 0.15) is 11.6 Å². The Morgan fingerprint density at radius 1 is 0.944 bits per heavy atom. The van der Waals surface area contributed by atoms with Crippen molar-refractivity contribution >= 4 is 16.6 Å². The molecule has 1 heterocycles. The highest BCUT2D eigenvalue weighted by Crippen LogP contribution is 2.24. The molecule has 18 heavy (non-hydrogen) atoms. The lowest BCUT2D eigenvalue weighted by Crippen LogP contribution is -1.94. The summed E-state index contributed by atoms with van der Waals surface area (Å²) in [5.74, 6) is 1.45. The second-order valence-corrected chi connectivity index (χ2v) is 3.89. The molecule has 2 aromatic carbocycles. The van der Waals surface area contributed by atoms with Gasteiger partial charge in [0, 0.05) is 0 Å². The lowest BCUT2D eigenvalue weighted by atomic mass is 10.1. The lowest BCUT2D eigenvalue weighted by Gasteiger charge is -2.05. The number of ether oxygens (including phenoxy) is 1. The Morgan fingerprint density at radius 2 is 1.78 bits per heavy atom. The lowest BCUT2D eigenvalue weighted by molar-refractivity contribution is 0.462. The molecule has 0 saturated carbocycles. The molecule has 3 aromatic rings. The zero-order chi connectivity index (χ0) is 12.4. The molecule has 4 heteroatoms. The summed E-state index contributed by atoms with van der Waals surface area (Å²) in [5, 5.41) is 2.29. The van der Waals surface area contributed by atoms with Crippen molar-refractivity contribution < 1.29 is 4.74 Å². The van der Waals surface area contributed by atoms with Crippen LogP contribution >= 0.6 is 0 Å². The van der Waals surface area contributed by atoms with Crippen molar-refractivity contribution in [2.24, 2.45) is 0 Å². The fourth-order valence-corrected chi connectivity index (χ4v) is 1.76. The minimum absolute atomic E-state index is 0.341. The topological polar surface area (TPSA) is 61.0 Å². The Balaban J connectivity index is 1.95. The van der Waals surface area contributed by atoms with Gasteiger partial charge in [0.2, 0.25) is 5.88 Å². The molecule has 0 amide bonds. The molecule has 1 aromatic heterocycles. The van der Waals surface area contributed by atoms with Gasteiger partial charge in [-0.1, -0.05) is 30.3 Å². The Bertz CT molecular complexity index is 697. The van der Waals surface area contributed by atoms with Crippen LogP contribution in [0.25, 0.3) is 10.8 Å². The molecule has 88 valence electrons. The van der Waals surface area contributed by atoms with Crippen LogP contribution in [0.1, 0.15) is 0 Å². The van der Waals surface area contributed by atoms with E-state index in [0.29, 0.717) is 17.4 Å². The maximum absolute atomic E-state index is 5.61. The van der Waals surface area contributed by atoms with E-state index in [9.17, 15) is 0 Å². The predicted molar refractivity (Wildman–Crippen MR) is 70.5 cm³/mol. The smallest absolute Gasteiger partial charge is 0.239 e. The second-order valence-electron chi connectivity index (χ2n) is 3.89. The minimum Gasteiger partial charge on any atom is -0.437 e. The standard InChI is InChI=1S/C14H11N3O/c15-13-8-16-9-14(17-13)18-12-6-5-10-3-1-2-4-11(10)7-12/h1-9H,(H2,15,17). The zero-order valence-electron chi connectivity index (χ0n) is 9.58. The fraction of sp³-hybridized carbons (Fsp3) is 0. The molecule has 0 unspecified atom stereocenters. The molecule has 0 aliphatic heterocycles. The maximum atomic E-state index is 5.61. The molecule has 0 aliphatic carbocycles. The Hall–Kier alpha value is -2.62. The third-order valence-electron chi connectivity index (χ3n) is 2.57. The normalized spacial score (nSPS) is 10.4. The number of nitrogens with two attached hydrogens (primary N) is 1. The van der Waals surface area contributed by atoms with Crippen LogP contribution in [0.5, 0.6) is 11.6 Å². The van der Waals surface area contributed by atoms with E-state index in [-0.39, 0.29) is 0 Å². The average molecular weight is 237 g/mol. The van der Waals surface area contributed by atoms with Gasteiger partial charge in [-0.15, -0.1) is 0 Å². The van der Waals surface area contributed by atoms with Crippen LogP contribution in [0.15, 0.2) is 54.9 Å². The van der Waals surface area contributed by atoms with Crippen molar-refractivity contribution in [1.29, 1.82) is 0 Å². The Morgan fingerprint density at radius 3 is 2.61 bits per heavy atom. The summed E-state index contributed by atoms with van der Waals surface area (Å²) in [6, 6.07) is 13.9. The highest BCUT2D eigenvalue weighted by Gasteiger charge is 2.01. The molecular weight excluding hydrogens is 226 g/mol. The van der Waals surface area contributed by atoms with Crippen LogP contribution in [0.4, 0.5) is 5.82 Å². The molecule has 0 atom stereocenters. The zero-order valence-corrected chi connectivity index (χ0v) is 9.58. The summed E-state index contributed by atoms with van der Waals surface area (Å²) in [5.41, 5.74) is 5.55. The number of rotatable bonds is 2. The number of fused-ring (bicyclic) bond motifs is 1. The molecule has 2 N–H and O–H groups in total. The molecule has 0 fully saturated rings. The van der Waals surface area contributed by atoms with Crippen LogP contribution in [-0.2, 0) is 0 Å². The van der Waals surface area contributed by atoms with Gasteiger partial charge in [0.05, 0.1) is 12.4 Å². The van der Waals surface area contributed by atoms with Crippen LogP contribution < -0.4 is 10.5 Å². The Labute approximate surface area is 104 Å². The van der Waals surface area contributed by atoms with E-state index in [1.165, 1.54) is 17.8 Å². The SMILES string of the molecule is Nc1cncc(Oc2ccc3ccccc3c2)n1. The van der Waals surface area contributed by atoms with Crippen LogP contribution in [-0.4, -0.2) is 9.97 Å². The van der Waals surface area contributed by atoms with E-state index < -0.39 is 0 Å². The maximum Gasteiger partial charge on any atom is 0.239 e. The number of anilines is 1. The third kappa shape index (κ3) is 2.08. The molecule has 0 radical (unpaired) electrons. The number of hydrogen-bond acceptors (Lipinski definition) is 4. The van der Waals surface area contributed by atoms with E-state index in [0.717, 1.165) is 5.39 Å². The highest BCUT2D eigenvalue weighted by molar-refractivity contribution is 5.83. The first kappa shape index (κ1) is 10.5. The van der Waals surface area contributed by atoms with Crippen LogP contribution in [0, 0.1) is 0 Å². The Kier molecular flexibility index (Phi) is 2.53.